The molecule has 0 aromatic heterocycles. The van der Waals surface area contributed by atoms with Gasteiger partial charge in [-0.2, -0.15) is 0 Å². The maximum absolute atomic E-state index is 13.2. The van der Waals surface area contributed by atoms with Gasteiger partial charge in [0.25, 0.3) is 0 Å². The molecular formula is C54H97NO18. The summed E-state index contributed by atoms with van der Waals surface area (Å²) >= 11 is 0. The van der Waals surface area contributed by atoms with Gasteiger partial charge in [-0.15, -0.1) is 0 Å². The number of aliphatic hydroxyl groups is 11. The fraction of sp³-hybridized carbons (Fsp3) is 0.870. The fourth-order valence-electron chi connectivity index (χ4n) is 9.32. The topological polar surface area (TPSA) is 307 Å². The third kappa shape index (κ3) is 23.7. The van der Waals surface area contributed by atoms with Gasteiger partial charge < -0.3 is 89.9 Å². The molecule has 19 nitrogen and oxygen atoms in total. The van der Waals surface area contributed by atoms with Crippen LogP contribution >= 0.6 is 0 Å². The van der Waals surface area contributed by atoms with Crippen LogP contribution < -0.4 is 5.32 Å². The third-order valence-electron chi connectivity index (χ3n) is 14.0. The van der Waals surface area contributed by atoms with E-state index in [1.54, 1.807) is 0 Å². The van der Waals surface area contributed by atoms with Crippen LogP contribution in [0.5, 0.6) is 0 Å². The molecule has 0 aromatic carbocycles. The van der Waals surface area contributed by atoms with Gasteiger partial charge in [0.15, 0.2) is 18.9 Å². The Bertz CT molecular complexity index is 1490. The molecule has 0 radical (unpaired) electrons. The van der Waals surface area contributed by atoms with Crippen molar-refractivity contribution < 1.29 is 89.4 Å². The zero-order chi connectivity index (χ0) is 53.4. The molecule has 3 rings (SSSR count). The lowest BCUT2D eigenvalue weighted by Gasteiger charge is -2.48. The number of rotatable bonds is 39. The van der Waals surface area contributed by atoms with Crippen molar-refractivity contribution in [2.75, 3.05) is 26.4 Å². The van der Waals surface area contributed by atoms with Gasteiger partial charge in [-0.3, -0.25) is 4.79 Å². The number of carbonyl (C=O) groups is 1. The minimum Gasteiger partial charge on any atom is -0.394 e. The second-order valence-electron chi connectivity index (χ2n) is 20.0. The van der Waals surface area contributed by atoms with Crippen molar-refractivity contribution in [2.24, 2.45) is 0 Å². The van der Waals surface area contributed by atoms with Crippen LogP contribution in [0.25, 0.3) is 0 Å². The Hall–Kier alpha value is -1.99. The van der Waals surface area contributed by atoms with Gasteiger partial charge in [0.05, 0.1) is 38.6 Å². The second-order valence-corrected chi connectivity index (χ2v) is 20.0. The average Bonchev–Trinajstić information content (AvgIpc) is 3.38. The van der Waals surface area contributed by atoms with E-state index in [9.17, 15) is 61.0 Å². The highest BCUT2D eigenvalue weighted by molar-refractivity contribution is 5.76. The lowest BCUT2D eigenvalue weighted by Crippen LogP contribution is -2.66. The van der Waals surface area contributed by atoms with E-state index in [2.05, 4.69) is 55.6 Å². The average molecular weight is 1050 g/mol. The molecule has 0 aromatic rings. The molecule has 17 atom stereocenters. The van der Waals surface area contributed by atoms with E-state index in [1.807, 2.05) is 0 Å². The van der Waals surface area contributed by atoms with E-state index >= 15 is 0 Å². The van der Waals surface area contributed by atoms with Crippen molar-refractivity contribution in [2.45, 2.75) is 272 Å². The Morgan fingerprint density at radius 3 is 1.41 bits per heavy atom. The Kier molecular flexibility index (Phi) is 34.5. The highest BCUT2D eigenvalue weighted by Gasteiger charge is 2.53. The molecule has 17 unspecified atom stereocenters. The number of carbonyl (C=O) groups excluding carboxylic acids is 1. The molecule has 0 bridgehead atoms. The number of nitrogens with one attached hydrogen (secondary N) is 1. The molecule has 3 aliphatic rings. The van der Waals surface area contributed by atoms with Crippen LogP contribution in [0.15, 0.2) is 36.5 Å². The summed E-state index contributed by atoms with van der Waals surface area (Å²) in [6.45, 7) is 1.64. The molecule has 0 spiro atoms. The van der Waals surface area contributed by atoms with Crippen LogP contribution in [0.2, 0.25) is 0 Å². The van der Waals surface area contributed by atoms with E-state index in [0.717, 1.165) is 70.6 Å². The SMILES string of the molecule is CCCCCCC/C=C\C/C=C\C/C=C\CCCCCCCCCCC(=O)NC(COC1OC(CO)C(OC2OC(CO)C(OC3OC(CO)C(O)C(O)C3O)C(O)C2O)C(O)C1O)C(O)CCCCCCC. The van der Waals surface area contributed by atoms with Gasteiger partial charge in [0.2, 0.25) is 5.91 Å². The van der Waals surface area contributed by atoms with E-state index in [4.69, 9.17) is 28.4 Å². The summed E-state index contributed by atoms with van der Waals surface area (Å²) in [6, 6.07) is -0.887. The van der Waals surface area contributed by atoms with Gasteiger partial charge in [-0.25, -0.2) is 0 Å². The number of ether oxygens (including phenoxy) is 6. The first-order valence-corrected chi connectivity index (χ1v) is 27.7. The van der Waals surface area contributed by atoms with Gasteiger partial charge in [-0.05, 0) is 51.4 Å². The van der Waals surface area contributed by atoms with Crippen LogP contribution in [0.1, 0.15) is 168 Å². The third-order valence-corrected chi connectivity index (χ3v) is 14.0. The van der Waals surface area contributed by atoms with Crippen molar-refractivity contribution in [3.8, 4) is 0 Å². The summed E-state index contributed by atoms with van der Waals surface area (Å²) in [5, 5.41) is 119. The van der Waals surface area contributed by atoms with Gasteiger partial charge in [0, 0.05) is 6.42 Å². The van der Waals surface area contributed by atoms with E-state index in [1.165, 1.54) is 57.8 Å². The maximum Gasteiger partial charge on any atom is 0.220 e. The Labute approximate surface area is 434 Å². The number of allylic oxidation sites excluding steroid dienone is 6. The monoisotopic (exact) mass is 1050 g/mol. The predicted octanol–water partition coefficient (Wildman–Crippen LogP) is 3.37. The number of hydrogen-bond acceptors (Lipinski definition) is 18. The van der Waals surface area contributed by atoms with Gasteiger partial charge >= 0.3 is 0 Å². The number of amides is 1. The standard InChI is InChI=1S/C54H97NO18/c1-3-5-7-9-10-11-12-13-14-15-16-17-18-19-20-21-22-23-24-25-26-28-30-32-42(60)55-37(38(59)31-29-27-8-6-4-2)36-68-52-48(66)45(63)50(40(34-57)70-52)73-54-49(67)46(64)51(41(35-58)71-54)72-53-47(65)44(62)43(61)39(33-56)69-53/h12-13,15-16,18-19,37-41,43-54,56-59,61-67H,3-11,14,17,20-36H2,1-2H3,(H,55,60)/b13-12-,16-15-,19-18-. The van der Waals surface area contributed by atoms with Gasteiger partial charge in [-0.1, -0.05) is 147 Å². The van der Waals surface area contributed by atoms with Crippen molar-refractivity contribution in [1.82, 2.24) is 5.32 Å². The van der Waals surface area contributed by atoms with Crippen LogP contribution in [0, 0.1) is 0 Å². The first-order chi connectivity index (χ1) is 35.3. The molecule has 12 N–H and O–H groups in total. The first kappa shape index (κ1) is 65.3. The Balaban J connectivity index is 1.42. The molecule has 1 amide bonds. The summed E-state index contributed by atoms with van der Waals surface area (Å²) in [6.07, 6.45) is 11.7. The number of aliphatic hydroxyl groups excluding tert-OH is 11. The number of unbranched alkanes of at least 4 members (excludes halogenated alkanes) is 17. The largest absolute Gasteiger partial charge is 0.394 e. The summed E-state index contributed by atoms with van der Waals surface area (Å²) < 4.78 is 34.1. The minimum absolute atomic E-state index is 0.256. The smallest absolute Gasteiger partial charge is 0.220 e. The zero-order valence-corrected chi connectivity index (χ0v) is 43.9. The van der Waals surface area contributed by atoms with Crippen molar-refractivity contribution >= 4 is 5.91 Å². The first-order valence-electron chi connectivity index (χ1n) is 27.7. The molecule has 0 aliphatic carbocycles. The van der Waals surface area contributed by atoms with Crippen molar-refractivity contribution in [1.29, 1.82) is 0 Å². The quantitative estimate of drug-likeness (QED) is 0.0310. The molecule has 0 saturated carbocycles. The van der Waals surface area contributed by atoms with Crippen molar-refractivity contribution in [3.63, 3.8) is 0 Å². The molecule has 19 heteroatoms. The maximum atomic E-state index is 13.2. The lowest BCUT2D eigenvalue weighted by molar-refractivity contribution is -0.379. The fourth-order valence-corrected chi connectivity index (χ4v) is 9.32. The second kappa shape index (κ2) is 38.5. The molecular weight excluding hydrogens is 951 g/mol. The number of hydrogen-bond donors (Lipinski definition) is 12. The van der Waals surface area contributed by atoms with Crippen LogP contribution in [0.3, 0.4) is 0 Å². The van der Waals surface area contributed by atoms with Crippen LogP contribution in [-0.4, -0.2) is 193 Å². The molecule has 3 heterocycles. The molecule has 3 aliphatic heterocycles. The summed E-state index contributed by atoms with van der Waals surface area (Å²) in [4.78, 5) is 13.2. The lowest BCUT2D eigenvalue weighted by atomic mass is 9.96. The molecule has 73 heavy (non-hydrogen) atoms. The predicted molar refractivity (Wildman–Crippen MR) is 272 cm³/mol. The molecule has 426 valence electrons. The summed E-state index contributed by atoms with van der Waals surface area (Å²) in [7, 11) is 0. The van der Waals surface area contributed by atoms with E-state index in [0.29, 0.717) is 19.3 Å². The normalized spacial score (nSPS) is 32.0. The van der Waals surface area contributed by atoms with Crippen LogP contribution in [0.4, 0.5) is 0 Å². The van der Waals surface area contributed by atoms with Gasteiger partial charge in [0.1, 0.15) is 73.2 Å². The van der Waals surface area contributed by atoms with E-state index < -0.39 is 124 Å². The molecule has 3 saturated heterocycles. The minimum atomic E-state index is -1.97. The zero-order valence-electron chi connectivity index (χ0n) is 43.9. The van der Waals surface area contributed by atoms with Crippen molar-refractivity contribution in [3.05, 3.63) is 36.5 Å². The highest BCUT2D eigenvalue weighted by atomic mass is 16.8. The highest BCUT2D eigenvalue weighted by Crippen LogP contribution is 2.33. The Morgan fingerprint density at radius 1 is 0.493 bits per heavy atom. The Morgan fingerprint density at radius 2 is 0.904 bits per heavy atom. The van der Waals surface area contributed by atoms with Crippen LogP contribution in [-0.2, 0) is 33.2 Å². The summed E-state index contributed by atoms with van der Waals surface area (Å²) in [5.41, 5.74) is 0. The summed E-state index contributed by atoms with van der Waals surface area (Å²) in [5.74, 6) is -0.260. The van der Waals surface area contributed by atoms with E-state index in [-0.39, 0.29) is 18.9 Å². The molecule has 3 fully saturated rings.